The Balaban J connectivity index is 2.10. The number of rotatable bonds is 6. The predicted octanol–water partition coefficient (Wildman–Crippen LogP) is 4.53. The Morgan fingerprint density at radius 2 is 1.86 bits per heavy atom. The summed E-state index contributed by atoms with van der Waals surface area (Å²) in [6.45, 7) is 10.9. The molecule has 2 nitrogen and oxygen atoms in total. The molecule has 0 aliphatic rings. The first kappa shape index (κ1) is 16.2. The van der Waals surface area contributed by atoms with Crippen LogP contribution in [-0.2, 0) is 18.4 Å². The zero-order chi connectivity index (χ0) is 15.3. The molecule has 1 heterocycles. The van der Waals surface area contributed by atoms with E-state index < -0.39 is 0 Å². The van der Waals surface area contributed by atoms with E-state index in [1.54, 1.807) is 11.3 Å². The summed E-state index contributed by atoms with van der Waals surface area (Å²) in [5.74, 6) is 0. The van der Waals surface area contributed by atoms with Crippen LogP contribution in [0.25, 0.3) is 0 Å². The van der Waals surface area contributed by atoms with Gasteiger partial charge in [-0.1, -0.05) is 52.0 Å². The van der Waals surface area contributed by atoms with Gasteiger partial charge in [0.2, 0.25) is 0 Å². The normalized spacial score (nSPS) is 11.8. The summed E-state index contributed by atoms with van der Waals surface area (Å²) in [5.41, 5.74) is 4.11. The van der Waals surface area contributed by atoms with E-state index in [1.807, 2.05) is 0 Å². The molecule has 1 aromatic heterocycles. The maximum Gasteiger partial charge on any atom is 0.0972 e. The molecule has 0 saturated heterocycles. The molecule has 0 saturated carbocycles. The van der Waals surface area contributed by atoms with Gasteiger partial charge in [0.1, 0.15) is 0 Å². The monoisotopic (exact) mass is 302 g/mol. The van der Waals surface area contributed by atoms with Crippen LogP contribution in [0.4, 0.5) is 0 Å². The van der Waals surface area contributed by atoms with Crippen molar-refractivity contribution in [3.63, 3.8) is 0 Å². The fourth-order valence-corrected chi connectivity index (χ4v) is 3.25. The molecule has 0 atom stereocenters. The van der Waals surface area contributed by atoms with Crippen LogP contribution >= 0.6 is 11.3 Å². The fourth-order valence-electron chi connectivity index (χ4n) is 2.20. The van der Waals surface area contributed by atoms with Crippen molar-refractivity contribution < 1.29 is 0 Å². The van der Waals surface area contributed by atoms with Crippen LogP contribution in [0.3, 0.4) is 0 Å². The van der Waals surface area contributed by atoms with Crippen LogP contribution < -0.4 is 5.32 Å². The Morgan fingerprint density at radius 1 is 1.14 bits per heavy atom. The van der Waals surface area contributed by atoms with Gasteiger partial charge in [-0.15, -0.1) is 11.3 Å². The first-order valence-corrected chi connectivity index (χ1v) is 8.61. The maximum atomic E-state index is 4.81. The fraction of sp³-hybridized carbons (Fsp3) is 0.500. The molecule has 0 spiro atoms. The predicted molar refractivity (Wildman–Crippen MR) is 92.1 cm³/mol. The highest BCUT2D eigenvalue weighted by Crippen LogP contribution is 2.25. The van der Waals surface area contributed by atoms with Gasteiger partial charge in [0, 0.05) is 23.8 Å². The first-order chi connectivity index (χ1) is 10.0. The number of benzene rings is 1. The highest BCUT2D eigenvalue weighted by atomic mass is 32.1. The minimum Gasteiger partial charge on any atom is -0.313 e. The molecule has 1 N–H and O–H groups in total. The number of hydrogen-bond donors (Lipinski definition) is 1. The first-order valence-electron chi connectivity index (χ1n) is 7.73. The molecule has 3 heteroatoms. The van der Waals surface area contributed by atoms with Gasteiger partial charge in [-0.3, -0.25) is 0 Å². The minimum absolute atomic E-state index is 0.136. The summed E-state index contributed by atoms with van der Waals surface area (Å²) in [5, 5.41) is 6.90. The number of nitrogens with zero attached hydrogens (tertiary/aromatic N) is 1. The summed E-state index contributed by atoms with van der Waals surface area (Å²) < 4.78 is 0. The lowest BCUT2D eigenvalue weighted by molar-refractivity contribution is 0.571. The molecule has 0 aliphatic carbocycles. The zero-order valence-electron chi connectivity index (χ0n) is 13.6. The third-order valence-electron chi connectivity index (χ3n) is 3.52. The number of hydrogen-bond acceptors (Lipinski definition) is 3. The Kier molecular flexibility index (Phi) is 5.54. The quantitative estimate of drug-likeness (QED) is 0.793. The molecule has 0 fully saturated rings. The van der Waals surface area contributed by atoms with Crippen LogP contribution in [0, 0.1) is 0 Å². The van der Waals surface area contributed by atoms with Crippen molar-refractivity contribution in [2.45, 2.75) is 52.5 Å². The molecule has 0 amide bonds. The number of thiazole rings is 1. The molecule has 21 heavy (non-hydrogen) atoms. The molecule has 0 radical (unpaired) electrons. The molecule has 1 aromatic carbocycles. The molecular formula is C18H26N2S. The number of nitrogens with one attached hydrogen (secondary N) is 1. The van der Waals surface area contributed by atoms with Gasteiger partial charge in [0.25, 0.3) is 0 Å². The lowest BCUT2D eigenvalue weighted by Gasteiger charge is -2.14. The van der Waals surface area contributed by atoms with Crippen LogP contribution in [0.1, 0.15) is 55.9 Å². The van der Waals surface area contributed by atoms with Gasteiger partial charge in [-0.05, 0) is 24.1 Å². The van der Waals surface area contributed by atoms with Gasteiger partial charge < -0.3 is 5.32 Å². The number of aromatic nitrogens is 1. The second kappa shape index (κ2) is 7.19. The zero-order valence-corrected chi connectivity index (χ0v) is 14.4. The smallest absolute Gasteiger partial charge is 0.0972 e. The van der Waals surface area contributed by atoms with E-state index in [0.29, 0.717) is 0 Å². The second-order valence-electron chi connectivity index (χ2n) is 6.50. The van der Waals surface area contributed by atoms with E-state index in [9.17, 15) is 0 Å². The highest BCUT2D eigenvalue weighted by molar-refractivity contribution is 7.09. The molecule has 114 valence electrons. The Bertz CT molecular complexity index is 567. The average molecular weight is 302 g/mol. The van der Waals surface area contributed by atoms with Crippen LogP contribution in [0.5, 0.6) is 0 Å². The lowest BCUT2D eigenvalue weighted by atomic mass is 9.93. The maximum absolute atomic E-state index is 4.81. The van der Waals surface area contributed by atoms with Crippen LogP contribution in [0.15, 0.2) is 29.6 Å². The third kappa shape index (κ3) is 4.65. The third-order valence-corrected chi connectivity index (χ3v) is 4.37. The van der Waals surface area contributed by atoms with E-state index in [-0.39, 0.29) is 5.41 Å². The summed E-state index contributed by atoms with van der Waals surface area (Å²) >= 11 is 1.78. The Morgan fingerprint density at radius 3 is 2.48 bits per heavy atom. The largest absolute Gasteiger partial charge is 0.313 e. The summed E-state index contributed by atoms with van der Waals surface area (Å²) in [7, 11) is 0. The summed E-state index contributed by atoms with van der Waals surface area (Å²) in [6.07, 6.45) is 2.11. The average Bonchev–Trinajstić information content (AvgIpc) is 2.89. The standard InChI is InChI=1S/C18H26N2S/c1-5-10-19-12-15-9-7-6-8-14(15)11-17-20-16(13-21-17)18(2,3)4/h6-9,13,19H,5,10-12H2,1-4H3. The topological polar surface area (TPSA) is 24.9 Å². The van der Waals surface area contributed by atoms with E-state index in [1.165, 1.54) is 28.2 Å². The van der Waals surface area contributed by atoms with Gasteiger partial charge in [0.05, 0.1) is 10.7 Å². The molecule has 2 aromatic rings. The van der Waals surface area contributed by atoms with Crippen LogP contribution in [-0.4, -0.2) is 11.5 Å². The minimum atomic E-state index is 0.136. The van der Waals surface area contributed by atoms with Gasteiger partial charge in [0.15, 0.2) is 0 Å². The molecule has 0 bridgehead atoms. The van der Waals surface area contributed by atoms with Crippen molar-refractivity contribution in [2.24, 2.45) is 0 Å². The summed E-state index contributed by atoms with van der Waals surface area (Å²) in [6, 6.07) is 8.68. The van der Waals surface area contributed by atoms with E-state index in [2.05, 4.69) is 62.7 Å². The Labute approximate surface area is 132 Å². The molecular weight excluding hydrogens is 276 g/mol. The molecule has 2 rings (SSSR count). The van der Waals surface area contributed by atoms with Crippen molar-refractivity contribution in [1.29, 1.82) is 0 Å². The van der Waals surface area contributed by atoms with E-state index in [4.69, 9.17) is 4.98 Å². The second-order valence-corrected chi connectivity index (χ2v) is 7.44. The molecule has 0 unspecified atom stereocenters. The van der Waals surface area contributed by atoms with Gasteiger partial charge >= 0.3 is 0 Å². The summed E-state index contributed by atoms with van der Waals surface area (Å²) in [4.78, 5) is 4.81. The van der Waals surface area contributed by atoms with Crippen molar-refractivity contribution >= 4 is 11.3 Å². The Hall–Kier alpha value is -1.19. The van der Waals surface area contributed by atoms with Crippen molar-refractivity contribution in [3.05, 3.63) is 51.5 Å². The van der Waals surface area contributed by atoms with E-state index in [0.717, 1.165) is 19.5 Å². The van der Waals surface area contributed by atoms with Crippen LogP contribution in [0.2, 0.25) is 0 Å². The SMILES string of the molecule is CCCNCc1ccccc1Cc1nc(C(C)(C)C)cs1. The van der Waals surface area contributed by atoms with Crippen molar-refractivity contribution in [1.82, 2.24) is 10.3 Å². The molecule has 0 aliphatic heterocycles. The van der Waals surface area contributed by atoms with Crippen molar-refractivity contribution in [3.8, 4) is 0 Å². The van der Waals surface area contributed by atoms with Crippen molar-refractivity contribution in [2.75, 3.05) is 6.54 Å². The van der Waals surface area contributed by atoms with Gasteiger partial charge in [-0.2, -0.15) is 0 Å². The van der Waals surface area contributed by atoms with E-state index >= 15 is 0 Å². The highest BCUT2D eigenvalue weighted by Gasteiger charge is 2.17. The lowest BCUT2D eigenvalue weighted by Crippen LogP contribution is -2.15. The van der Waals surface area contributed by atoms with Gasteiger partial charge in [-0.25, -0.2) is 4.98 Å².